The van der Waals surface area contributed by atoms with Crippen molar-refractivity contribution in [2.24, 2.45) is 0 Å². The summed E-state index contributed by atoms with van der Waals surface area (Å²) in [5.74, 6) is -0.119. The summed E-state index contributed by atoms with van der Waals surface area (Å²) in [4.78, 5) is 16.3. The van der Waals surface area contributed by atoms with E-state index in [1.54, 1.807) is 18.5 Å². The molecule has 0 saturated heterocycles. The van der Waals surface area contributed by atoms with Crippen LogP contribution < -0.4 is 5.32 Å². The van der Waals surface area contributed by atoms with Crippen LogP contribution in [0.15, 0.2) is 61.1 Å². The van der Waals surface area contributed by atoms with Gasteiger partial charge in [0.2, 0.25) is 0 Å². The third-order valence-corrected chi connectivity index (χ3v) is 3.62. The number of hydrogen-bond donors (Lipinski definition) is 1. The maximum atomic E-state index is 12.2. The number of aromatic nitrogens is 3. The van der Waals surface area contributed by atoms with E-state index in [0.717, 1.165) is 16.8 Å². The van der Waals surface area contributed by atoms with Crippen molar-refractivity contribution in [3.05, 3.63) is 83.4 Å². The molecule has 2 heterocycles. The van der Waals surface area contributed by atoms with E-state index >= 15 is 0 Å². The van der Waals surface area contributed by atoms with Gasteiger partial charge >= 0.3 is 0 Å². The predicted octanol–water partition coefficient (Wildman–Crippen LogP) is 2.56. The number of carbonyl (C=O) groups is 1. The molecule has 0 aliphatic heterocycles. The molecule has 0 fully saturated rings. The summed E-state index contributed by atoms with van der Waals surface area (Å²) >= 11 is 0. The van der Waals surface area contributed by atoms with E-state index in [2.05, 4.69) is 21.5 Å². The van der Waals surface area contributed by atoms with E-state index in [4.69, 9.17) is 0 Å². The van der Waals surface area contributed by atoms with Gasteiger partial charge in [0, 0.05) is 30.8 Å². The smallest absolute Gasteiger partial charge is 0.253 e. The molecule has 3 aromatic rings. The molecular weight excluding hydrogens is 288 g/mol. The molecule has 2 aromatic heterocycles. The van der Waals surface area contributed by atoms with Gasteiger partial charge in [0.1, 0.15) is 0 Å². The maximum absolute atomic E-state index is 12.2. The number of rotatable bonds is 5. The second kappa shape index (κ2) is 6.87. The van der Waals surface area contributed by atoms with Crippen molar-refractivity contribution in [3.8, 4) is 0 Å². The first-order valence-corrected chi connectivity index (χ1v) is 7.47. The average Bonchev–Trinajstić information content (AvgIpc) is 3.07. The van der Waals surface area contributed by atoms with Crippen LogP contribution in [0.2, 0.25) is 0 Å². The summed E-state index contributed by atoms with van der Waals surface area (Å²) in [6.45, 7) is 3.06. The van der Waals surface area contributed by atoms with Gasteiger partial charge in [0.25, 0.3) is 5.91 Å². The third-order valence-electron chi connectivity index (χ3n) is 3.62. The summed E-state index contributed by atoms with van der Waals surface area (Å²) in [5, 5.41) is 7.17. The molecule has 0 saturated carbocycles. The number of carbonyl (C=O) groups excluding carboxylic acids is 1. The number of aryl methyl sites for hydroxylation is 1. The average molecular weight is 306 g/mol. The first-order chi connectivity index (χ1) is 11.2. The molecule has 0 radical (unpaired) electrons. The Labute approximate surface area is 135 Å². The number of nitrogens with zero attached hydrogens (tertiary/aromatic N) is 3. The zero-order chi connectivity index (χ0) is 16.1. The summed E-state index contributed by atoms with van der Waals surface area (Å²) < 4.78 is 1.87. The highest BCUT2D eigenvalue weighted by Gasteiger charge is 2.08. The highest BCUT2D eigenvalue weighted by molar-refractivity contribution is 5.93. The molecule has 116 valence electrons. The Balaban J connectivity index is 1.68. The quantitative estimate of drug-likeness (QED) is 0.788. The minimum absolute atomic E-state index is 0.119. The fourth-order valence-corrected chi connectivity index (χ4v) is 2.33. The summed E-state index contributed by atoms with van der Waals surface area (Å²) in [6, 6.07) is 13.6. The van der Waals surface area contributed by atoms with Crippen LogP contribution in [-0.4, -0.2) is 20.7 Å². The topological polar surface area (TPSA) is 59.8 Å². The minimum Gasteiger partial charge on any atom is -0.348 e. The number of amides is 1. The Hall–Kier alpha value is -2.95. The Kier molecular flexibility index (Phi) is 4.47. The van der Waals surface area contributed by atoms with Crippen molar-refractivity contribution >= 4 is 5.91 Å². The van der Waals surface area contributed by atoms with E-state index in [0.29, 0.717) is 18.7 Å². The molecule has 0 aliphatic rings. The molecule has 5 nitrogen and oxygen atoms in total. The first-order valence-electron chi connectivity index (χ1n) is 7.47. The van der Waals surface area contributed by atoms with Crippen molar-refractivity contribution in [1.29, 1.82) is 0 Å². The van der Waals surface area contributed by atoms with Crippen molar-refractivity contribution in [3.63, 3.8) is 0 Å². The molecule has 1 aromatic carbocycles. The largest absolute Gasteiger partial charge is 0.348 e. The maximum Gasteiger partial charge on any atom is 0.253 e. The molecule has 1 amide bonds. The predicted molar refractivity (Wildman–Crippen MR) is 87.9 cm³/mol. The van der Waals surface area contributed by atoms with Crippen molar-refractivity contribution < 1.29 is 4.79 Å². The van der Waals surface area contributed by atoms with Crippen molar-refractivity contribution in [1.82, 2.24) is 20.1 Å². The fraction of sp³-hybridized carbons (Fsp3) is 0.167. The Morgan fingerprint density at radius 1 is 1.13 bits per heavy atom. The lowest BCUT2D eigenvalue weighted by Gasteiger charge is -2.11. The number of pyridine rings is 1. The summed E-state index contributed by atoms with van der Waals surface area (Å²) in [7, 11) is 0. The first kappa shape index (κ1) is 15.0. The van der Waals surface area contributed by atoms with Crippen LogP contribution in [0.4, 0.5) is 0 Å². The number of nitrogens with one attached hydrogen (secondary N) is 1. The van der Waals surface area contributed by atoms with E-state index in [9.17, 15) is 4.79 Å². The monoisotopic (exact) mass is 306 g/mol. The van der Waals surface area contributed by atoms with Crippen LogP contribution in [0.5, 0.6) is 0 Å². The Morgan fingerprint density at radius 2 is 1.96 bits per heavy atom. The second-order valence-corrected chi connectivity index (χ2v) is 5.34. The highest BCUT2D eigenvalue weighted by atomic mass is 16.1. The number of benzene rings is 1. The van der Waals surface area contributed by atoms with Crippen LogP contribution in [0, 0.1) is 6.92 Å². The SMILES string of the molecule is Cc1ccc(C(=O)NCc2ccccc2Cn2cccn2)cn1. The molecular formula is C18H18N4O. The zero-order valence-electron chi connectivity index (χ0n) is 12.9. The molecule has 5 heteroatoms. The molecule has 0 unspecified atom stereocenters. The standard InChI is InChI=1S/C18H18N4O/c1-14-7-8-16(12-19-14)18(23)20-11-15-5-2-3-6-17(15)13-22-10-4-9-21-22/h2-10,12H,11,13H2,1H3,(H,20,23). The van der Waals surface area contributed by atoms with E-state index in [-0.39, 0.29) is 5.91 Å². The lowest BCUT2D eigenvalue weighted by molar-refractivity contribution is 0.0950. The van der Waals surface area contributed by atoms with Crippen molar-refractivity contribution in [2.45, 2.75) is 20.0 Å². The second-order valence-electron chi connectivity index (χ2n) is 5.34. The van der Waals surface area contributed by atoms with Gasteiger partial charge in [0.05, 0.1) is 12.1 Å². The van der Waals surface area contributed by atoms with Crippen LogP contribution in [0.1, 0.15) is 27.2 Å². The van der Waals surface area contributed by atoms with E-state index < -0.39 is 0 Å². The third kappa shape index (κ3) is 3.83. The van der Waals surface area contributed by atoms with Gasteiger partial charge < -0.3 is 5.32 Å². The molecule has 0 aliphatic carbocycles. The molecule has 0 spiro atoms. The van der Waals surface area contributed by atoms with Gasteiger partial charge in [-0.15, -0.1) is 0 Å². The molecule has 3 rings (SSSR count). The lowest BCUT2D eigenvalue weighted by Crippen LogP contribution is -2.23. The zero-order valence-corrected chi connectivity index (χ0v) is 12.9. The van der Waals surface area contributed by atoms with Crippen molar-refractivity contribution in [2.75, 3.05) is 0 Å². The van der Waals surface area contributed by atoms with Gasteiger partial charge in [-0.1, -0.05) is 24.3 Å². The highest BCUT2D eigenvalue weighted by Crippen LogP contribution is 2.10. The van der Waals surface area contributed by atoms with Gasteiger partial charge in [-0.3, -0.25) is 14.5 Å². The van der Waals surface area contributed by atoms with Crippen LogP contribution in [0.3, 0.4) is 0 Å². The fourth-order valence-electron chi connectivity index (χ4n) is 2.33. The van der Waals surface area contributed by atoms with Gasteiger partial charge in [0.15, 0.2) is 0 Å². The normalized spacial score (nSPS) is 10.5. The molecule has 23 heavy (non-hydrogen) atoms. The minimum atomic E-state index is -0.119. The molecule has 1 N–H and O–H groups in total. The van der Waals surface area contributed by atoms with Crippen LogP contribution >= 0.6 is 0 Å². The van der Waals surface area contributed by atoms with Crippen LogP contribution in [-0.2, 0) is 13.1 Å². The summed E-state index contributed by atoms with van der Waals surface area (Å²) in [6.07, 6.45) is 5.28. The van der Waals surface area contributed by atoms with Gasteiger partial charge in [-0.05, 0) is 36.2 Å². The Morgan fingerprint density at radius 3 is 2.65 bits per heavy atom. The lowest BCUT2D eigenvalue weighted by atomic mass is 10.1. The Bertz CT molecular complexity index is 779. The van der Waals surface area contributed by atoms with E-state index in [1.165, 1.54) is 0 Å². The molecule has 0 bridgehead atoms. The van der Waals surface area contributed by atoms with Gasteiger partial charge in [-0.25, -0.2) is 0 Å². The van der Waals surface area contributed by atoms with Crippen LogP contribution in [0.25, 0.3) is 0 Å². The molecule has 0 atom stereocenters. The van der Waals surface area contributed by atoms with E-state index in [1.807, 2.05) is 48.1 Å². The van der Waals surface area contributed by atoms with Gasteiger partial charge in [-0.2, -0.15) is 5.10 Å². The number of hydrogen-bond acceptors (Lipinski definition) is 3. The summed E-state index contributed by atoms with van der Waals surface area (Å²) in [5.41, 5.74) is 3.68.